The Hall–Kier alpha value is -1.40. The minimum Gasteiger partial charge on any atom is -0.481 e. The fourth-order valence-corrected chi connectivity index (χ4v) is 3.78. The second kappa shape index (κ2) is 5.30. The topological polar surface area (TPSA) is 74.7 Å². The molecular weight excluding hydrogens is 266 g/mol. The van der Waals surface area contributed by atoms with Crippen molar-refractivity contribution in [2.45, 2.75) is 25.8 Å². The van der Waals surface area contributed by atoms with E-state index in [9.17, 15) is 13.2 Å². The zero-order valence-electron chi connectivity index (χ0n) is 10.7. The smallest absolute Gasteiger partial charge is 0.305 e. The molecule has 0 aromatic heterocycles. The Labute approximate surface area is 112 Å². The van der Waals surface area contributed by atoms with E-state index in [2.05, 4.69) is 0 Å². The number of benzene rings is 1. The molecule has 5 nitrogen and oxygen atoms in total. The number of carbonyl (C=O) groups is 1. The van der Waals surface area contributed by atoms with Crippen molar-refractivity contribution in [3.05, 3.63) is 35.4 Å². The van der Waals surface area contributed by atoms with Crippen LogP contribution in [0, 0.1) is 0 Å². The molecule has 0 spiro atoms. The van der Waals surface area contributed by atoms with Gasteiger partial charge in [0.2, 0.25) is 10.0 Å². The van der Waals surface area contributed by atoms with E-state index in [0.29, 0.717) is 13.0 Å². The zero-order valence-corrected chi connectivity index (χ0v) is 11.6. The summed E-state index contributed by atoms with van der Waals surface area (Å²) in [6.07, 6.45) is 0.432. The van der Waals surface area contributed by atoms with Crippen LogP contribution in [-0.2, 0) is 21.2 Å². The van der Waals surface area contributed by atoms with Gasteiger partial charge in [-0.25, -0.2) is 8.42 Å². The summed E-state index contributed by atoms with van der Waals surface area (Å²) >= 11 is 0. The third-order valence-corrected chi connectivity index (χ3v) is 5.33. The van der Waals surface area contributed by atoms with E-state index in [4.69, 9.17) is 5.11 Å². The molecule has 0 aliphatic carbocycles. The van der Waals surface area contributed by atoms with Crippen LogP contribution in [-0.4, -0.2) is 36.1 Å². The third-order valence-electron chi connectivity index (χ3n) is 3.45. The minimum absolute atomic E-state index is 0.00864. The summed E-state index contributed by atoms with van der Waals surface area (Å²) in [7, 11) is -3.39. The summed E-state index contributed by atoms with van der Waals surface area (Å²) < 4.78 is 25.5. The van der Waals surface area contributed by atoms with Crippen LogP contribution < -0.4 is 0 Å². The minimum atomic E-state index is -3.39. The van der Waals surface area contributed by atoms with Crippen molar-refractivity contribution in [1.29, 1.82) is 0 Å². The maximum Gasteiger partial charge on any atom is 0.305 e. The van der Waals surface area contributed by atoms with Gasteiger partial charge in [0.25, 0.3) is 0 Å². The van der Waals surface area contributed by atoms with E-state index < -0.39 is 22.0 Å². The molecule has 1 aromatic carbocycles. The Kier molecular flexibility index (Phi) is 3.91. The summed E-state index contributed by atoms with van der Waals surface area (Å²) in [5, 5.41) is 9.03. The van der Waals surface area contributed by atoms with Gasteiger partial charge in [-0.2, -0.15) is 4.31 Å². The Morgan fingerprint density at radius 1 is 1.42 bits per heavy atom. The van der Waals surface area contributed by atoms with Crippen molar-refractivity contribution in [3.8, 4) is 0 Å². The van der Waals surface area contributed by atoms with Crippen LogP contribution in [0.4, 0.5) is 0 Å². The first-order chi connectivity index (χ1) is 8.95. The largest absolute Gasteiger partial charge is 0.481 e. The lowest BCUT2D eigenvalue weighted by Crippen LogP contribution is -2.41. The highest BCUT2D eigenvalue weighted by molar-refractivity contribution is 7.89. The Morgan fingerprint density at radius 2 is 2.11 bits per heavy atom. The number of aliphatic carboxylic acids is 1. The molecule has 0 unspecified atom stereocenters. The number of sulfonamides is 1. The number of hydrogen-bond donors (Lipinski definition) is 1. The molecule has 0 radical (unpaired) electrons. The predicted octanol–water partition coefficient (Wildman–Crippen LogP) is 1.41. The Bertz CT molecular complexity index is 582. The fourth-order valence-electron chi connectivity index (χ4n) is 2.50. The number of carboxylic acids is 1. The molecule has 0 saturated heterocycles. The van der Waals surface area contributed by atoms with E-state index >= 15 is 0 Å². The van der Waals surface area contributed by atoms with Crippen LogP contribution >= 0.6 is 0 Å². The summed E-state index contributed by atoms with van der Waals surface area (Å²) in [4.78, 5) is 11.0. The number of rotatable bonds is 4. The van der Waals surface area contributed by atoms with E-state index in [1.54, 1.807) is 6.92 Å². The molecule has 0 bridgehead atoms. The van der Waals surface area contributed by atoms with Gasteiger partial charge in [0.1, 0.15) is 0 Å². The highest BCUT2D eigenvalue weighted by atomic mass is 32.2. The number of carboxylic acid groups (broad SMARTS) is 1. The van der Waals surface area contributed by atoms with Crippen molar-refractivity contribution in [1.82, 2.24) is 4.31 Å². The molecule has 1 N–H and O–H groups in total. The zero-order chi connectivity index (χ0) is 14.0. The summed E-state index contributed by atoms with van der Waals surface area (Å²) in [6.45, 7) is 1.93. The molecule has 2 rings (SSSR count). The molecule has 104 valence electrons. The molecule has 19 heavy (non-hydrogen) atoms. The lowest BCUT2D eigenvalue weighted by Gasteiger charge is -2.35. The molecule has 6 heteroatoms. The van der Waals surface area contributed by atoms with Gasteiger partial charge in [-0.3, -0.25) is 4.79 Å². The lowest BCUT2D eigenvalue weighted by atomic mass is 9.92. The van der Waals surface area contributed by atoms with E-state index in [1.165, 1.54) is 4.31 Å². The van der Waals surface area contributed by atoms with Crippen LogP contribution in [0.1, 0.15) is 30.5 Å². The van der Waals surface area contributed by atoms with Gasteiger partial charge in [-0.15, -0.1) is 0 Å². The lowest BCUT2D eigenvalue weighted by molar-refractivity contribution is -0.138. The van der Waals surface area contributed by atoms with Crippen molar-refractivity contribution >= 4 is 16.0 Å². The first-order valence-electron chi connectivity index (χ1n) is 6.25. The molecule has 0 fully saturated rings. The SMILES string of the molecule is CCS(=O)(=O)N1CCc2ccccc2[C@@H]1CC(=O)O. The van der Waals surface area contributed by atoms with Gasteiger partial charge >= 0.3 is 5.97 Å². The van der Waals surface area contributed by atoms with Crippen molar-refractivity contribution in [2.75, 3.05) is 12.3 Å². The van der Waals surface area contributed by atoms with Crippen molar-refractivity contribution in [2.24, 2.45) is 0 Å². The Morgan fingerprint density at radius 3 is 2.74 bits per heavy atom. The summed E-state index contributed by atoms with van der Waals surface area (Å²) in [5.41, 5.74) is 1.85. The number of hydrogen-bond acceptors (Lipinski definition) is 3. The van der Waals surface area contributed by atoms with E-state index in [0.717, 1.165) is 11.1 Å². The molecular formula is C13H17NO4S. The average molecular weight is 283 g/mol. The Balaban J connectivity index is 2.45. The summed E-state index contributed by atoms with van der Waals surface area (Å²) in [5.74, 6) is -0.997. The molecule has 1 aliphatic heterocycles. The molecule has 1 heterocycles. The van der Waals surface area contributed by atoms with Crippen LogP contribution in [0.2, 0.25) is 0 Å². The molecule has 0 saturated carbocycles. The first kappa shape index (κ1) is 14.0. The molecule has 1 aromatic rings. The molecule has 1 atom stereocenters. The third kappa shape index (κ3) is 2.79. The maximum absolute atomic E-state index is 12.1. The average Bonchev–Trinajstić information content (AvgIpc) is 2.38. The van der Waals surface area contributed by atoms with E-state index in [1.807, 2.05) is 24.3 Å². The summed E-state index contributed by atoms with van der Waals surface area (Å²) in [6, 6.07) is 6.86. The molecule has 1 aliphatic rings. The van der Waals surface area contributed by atoms with Crippen LogP contribution in [0.25, 0.3) is 0 Å². The van der Waals surface area contributed by atoms with Crippen LogP contribution in [0.3, 0.4) is 0 Å². The van der Waals surface area contributed by atoms with Gasteiger partial charge in [0.15, 0.2) is 0 Å². The first-order valence-corrected chi connectivity index (χ1v) is 7.85. The van der Waals surface area contributed by atoms with E-state index in [-0.39, 0.29) is 12.2 Å². The van der Waals surface area contributed by atoms with Crippen LogP contribution in [0.5, 0.6) is 0 Å². The van der Waals surface area contributed by atoms with Gasteiger partial charge in [-0.05, 0) is 24.5 Å². The highest BCUT2D eigenvalue weighted by Crippen LogP contribution is 2.34. The quantitative estimate of drug-likeness (QED) is 0.906. The highest BCUT2D eigenvalue weighted by Gasteiger charge is 2.35. The van der Waals surface area contributed by atoms with Gasteiger partial charge in [0, 0.05) is 6.54 Å². The monoisotopic (exact) mass is 283 g/mol. The van der Waals surface area contributed by atoms with Gasteiger partial charge in [-0.1, -0.05) is 24.3 Å². The second-order valence-corrected chi connectivity index (χ2v) is 6.78. The van der Waals surface area contributed by atoms with Gasteiger partial charge in [0.05, 0.1) is 18.2 Å². The second-order valence-electron chi connectivity index (χ2n) is 4.57. The van der Waals surface area contributed by atoms with Crippen molar-refractivity contribution < 1.29 is 18.3 Å². The van der Waals surface area contributed by atoms with Crippen LogP contribution in [0.15, 0.2) is 24.3 Å². The standard InChI is InChI=1S/C13H17NO4S/c1-2-19(17,18)14-8-7-10-5-3-4-6-11(10)12(14)9-13(15)16/h3-6,12H,2,7-9H2,1H3,(H,15,16)/t12-/m0/s1. The predicted molar refractivity (Wildman–Crippen MR) is 71.3 cm³/mol. The van der Waals surface area contributed by atoms with Gasteiger partial charge < -0.3 is 5.11 Å². The number of nitrogens with zero attached hydrogens (tertiary/aromatic N) is 1. The molecule has 0 amide bonds. The maximum atomic E-state index is 12.1. The number of fused-ring (bicyclic) bond motifs is 1. The normalized spacial score (nSPS) is 19.9. The fraction of sp³-hybridized carbons (Fsp3) is 0.462. The van der Waals surface area contributed by atoms with Crippen molar-refractivity contribution in [3.63, 3.8) is 0 Å².